The third kappa shape index (κ3) is 5.47. The lowest BCUT2D eigenvalue weighted by Gasteiger charge is -2.24. The molecule has 0 amide bonds. The number of anilines is 1. The number of rotatable bonds is 9. The molecule has 20 heavy (non-hydrogen) atoms. The molecule has 1 aromatic rings. The smallest absolute Gasteiger partial charge is 0.133 e. The SMILES string of the molecule is CCCNC(C)c1cccnc1N(C)CCOC(C)C. The molecule has 4 nitrogen and oxygen atoms in total. The van der Waals surface area contributed by atoms with E-state index in [-0.39, 0.29) is 6.10 Å². The van der Waals surface area contributed by atoms with Crippen molar-refractivity contribution in [3.05, 3.63) is 23.9 Å². The normalized spacial score (nSPS) is 12.7. The number of ether oxygens (including phenoxy) is 1. The number of hydrogen-bond donors (Lipinski definition) is 1. The third-order valence-electron chi connectivity index (χ3n) is 3.22. The fraction of sp³-hybridized carbons (Fsp3) is 0.688. The van der Waals surface area contributed by atoms with E-state index < -0.39 is 0 Å². The van der Waals surface area contributed by atoms with Crippen molar-refractivity contribution in [2.45, 2.75) is 46.3 Å². The molecule has 1 unspecified atom stereocenters. The Kier molecular flexibility index (Phi) is 7.55. The minimum atomic E-state index is 0.275. The molecule has 0 aromatic carbocycles. The number of aromatic nitrogens is 1. The van der Waals surface area contributed by atoms with Crippen LogP contribution in [0.15, 0.2) is 18.3 Å². The van der Waals surface area contributed by atoms with E-state index in [1.165, 1.54) is 5.56 Å². The van der Waals surface area contributed by atoms with Gasteiger partial charge in [0.05, 0.1) is 12.7 Å². The Morgan fingerprint density at radius 1 is 1.35 bits per heavy atom. The van der Waals surface area contributed by atoms with Crippen LogP contribution >= 0.6 is 0 Å². The Balaban J connectivity index is 2.68. The van der Waals surface area contributed by atoms with Crippen LogP contribution in [0.2, 0.25) is 0 Å². The Hall–Kier alpha value is -1.13. The van der Waals surface area contributed by atoms with E-state index >= 15 is 0 Å². The minimum absolute atomic E-state index is 0.275. The van der Waals surface area contributed by atoms with Crippen molar-refractivity contribution in [3.63, 3.8) is 0 Å². The molecule has 0 saturated heterocycles. The number of likely N-dealkylation sites (N-methyl/N-ethyl adjacent to an activating group) is 1. The maximum atomic E-state index is 5.61. The van der Waals surface area contributed by atoms with Gasteiger partial charge in [-0.25, -0.2) is 4.98 Å². The lowest BCUT2D eigenvalue weighted by molar-refractivity contribution is 0.0845. The molecule has 0 aliphatic rings. The maximum Gasteiger partial charge on any atom is 0.133 e. The first kappa shape index (κ1) is 16.9. The van der Waals surface area contributed by atoms with E-state index in [4.69, 9.17) is 4.74 Å². The Morgan fingerprint density at radius 3 is 2.75 bits per heavy atom. The van der Waals surface area contributed by atoms with Gasteiger partial charge in [0.1, 0.15) is 5.82 Å². The molecule has 1 aromatic heterocycles. The van der Waals surface area contributed by atoms with Crippen molar-refractivity contribution in [2.24, 2.45) is 0 Å². The monoisotopic (exact) mass is 279 g/mol. The molecule has 0 bridgehead atoms. The molecule has 1 atom stereocenters. The van der Waals surface area contributed by atoms with Gasteiger partial charge in [0.15, 0.2) is 0 Å². The number of nitrogens with one attached hydrogen (secondary N) is 1. The zero-order valence-corrected chi connectivity index (χ0v) is 13.5. The first-order valence-corrected chi connectivity index (χ1v) is 7.57. The Bertz CT molecular complexity index is 382. The highest BCUT2D eigenvalue weighted by Gasteiger charge is 2.13. The summed E-state index contributed by atoms with van der Waals surface area (Å²) in [4.78, 5) is 6.70. The van der Waals surface area contributed by atoms with Crippen molar-refractivity contribution in [2.75, 3.05) is 31.6 Å². The van der Waals surface area contributed by atoms with Crippen LogP contribution in [0.5, 0.6) is 0 Å². The maximum absolute atomic E-state index is 5.61. The van der Waals surface area contributed by atoms with Gasteiger partial charge in [0.25, 0.3) is 0 Å². The van der Waals surface area contributed by atoms with Gasteiger partial charge in [-0.3, -0.25) is 0 Å². The van der Waals surface area contributed by atoms with Gasteiger partial charge in [0.2, 0.25) is 0 Å². The van der Waals surface area contributed by atoms with E-state index in [0.29, 0.717) is 6.04 Å². The largest absolute Gasteiger partial charge is 0.377 e. The van der Waals surface area contributed by atoms with Gasteiger partial charge in [-0.15, -0.1) is 0 Å². The molecule has 114 valence electrons. The van der Waals surface area contributed by atoms with Crippen LogP contribution in [0.4, 0.5) is 5.82 Å². The van der Waals surface area contributed by atoms with Gasteiger partial charge in [-0.05, 0) is 39.8 Å². The van der Waals surface area contributed by atoms with Gasteiger partial charge in [-0.2, -0.15) is 0 Å². The zero-order valence-electron chi connectivity index (χ0n) is 13.5. The molecule has 0 saturated carbocycles. The second kappa shape index (κ2) is 8.93. The van der Waals surface area contributed by atoms with Crippen molar-refractivity contribution in [3.8, 4) is 0 Å². The number of hydrogen-bond acceptors (Lipinski definition) is 4. The van der Waals surface area contributed by atoms with Crippen LogP contribution < -0.4 is 10.2 Å². The predicted octanol–water partition coefficient (Wildman–Crippen LogP) is 3.00. The van der Waals surface area contributed by atoms with Crippen molar-refractivity contribution >= 4 is 5.82 Å². The number of pyridine rings is 1. The minimum Gasteiger partial charge on any atom is -0.377 e. The second-order valence-electron chi connectivity index (χ2n) is 5.43. The first-order valence-electron chi connectivity index (χ1n) is 7.57. The fourth-order valence-corrected chi connectivity index (χ4v) is 2.07. The zero-order chi connectivity index (χ0) is 15.0. The molecule has 0 fully saturated rings. The molecule has 0 aliphatic carbocycles. The third-order valence-corrected chi connectivity index (χ3v) is 3.22. The molecular weight excluding hydrogens is 250 g/mol. The molecule has 4 heteroatoms. The molecule has 0 spiro atoms. The van der Waals surface area contributed by atoms with E-state index in [1.807, 2.05) is 12.3 Å². The number of nitrogens with zero attached hydrogens (tertiary/aromatic N) is 2. The van der Waals surface area contributed by atoms with Crippen LogP contribution in [0.3, 0.4) is 0 Å². The lowest BCUT2D eigenvalue weighted by atomic mass is 10.1. The van der Waals surface area contributed by atoms with Crippen LogP contribution in [-0.4, -0.2) is 37.8 Å². The average Bonchev–Trinajstić information content (AvgIpc) is 2.44. The summed E-state index contributed by atoms with van der Waals surface area (Å²) in [6.07, 6.45) is 3.26. The van der Waals surface area contributed by atoms with E-state index in [1.54, 1.807) is 0 Å². The second-order valence-corrected chi connectivity index (χ2v) is 5.43. The Morgan fingerprint density at radius 2 is 2.10 bits per heavy atom. The van der Waals surface area contributed by atoms with Crippen LogP contribution in [0.25, 0.3) is 0 Å². The van der Waals surface area contributed by atoms with Crippen LogP contribution in [-0.2, 0) is 4.74 Å². The summed E-state index contributed by atoms with van der Waals surface area (Å²) in [5.41, 5.74) is 1.24. The average molecular weight is 279 g/mol. The molecule has 0 aliphatic heterocycles. The summed E-state index contributed by atoms with van der Waals surface area (Å²) in [5.74, 6) is 1.04. The molecule has 0 radical (unpaired) electrons. The quantitative estimate of drug-likeness (QED) is 0.754. The summed E-state index contributed by atoms with van der Waals surface area (Å²) in [5, 5.41) is 3.52. The van der Waals surface area contributed by atoms with Crippen molar-refractivity contribution < 1.29 is 4.74 Å². The molecule has 1 rings (SSSR count). The highest BCUT2D eigenvalue weighted by Crippen LogP contribution is 2.22. The molecule has 1 heterocycles. The topological polar surface area (TPSA) is 37.4 Å². The summed E-state index contributed by atoms with van der Waals surface area (Å²) < 4.78 is 5.61. The Labute approximate surface area is 123 Å². The molecule has 1 N–H and O–H groups in total. The lowest BCUT2D eigenvalue weighted by Crippen LogP contribution is -2.28. The highest BCUT2D eigenvalue weighted by molar-refractivity contribution is 5.47. The van der Waals surface area contributed by atoms with Gasteiger partial charge in [-0.1, -0.05) is 13.0 Å². The summed E-state index contributed by atoms with van der Waals surface area (Å²) in [6, 6.07) is 4.46. The van der Waals surface area contributed by atoms with Gasteiger partial charge >= 0.3 is 0 Å². The summed E-state index contributed by atoms with van der Waals surface area (Å²) in [7, 11) is 2.07. The van der Waals surface area contributed by atoms with E-state index in [0.717, 1.165) is 31.9 Å². The van der Waals surface area contributed by atoms with Crippen molar-refractivity contribution in [1.29, 1.82) is 0 Å². The predicted molar refractivity (Wildman–Crippen MR) is 85.3 cm³/mol. The van der Waals surface area contributed by atoms with Crippen molar-refractivity contribution in [1.82, 2.24) is 10.3 Å². The van der Waals surface area contributed by atoms with Gasteiger partial charge in [0, 0.05) is 31.4 Å². The summed E-state index contributed by atoms with van der Waals surface area (Å²) in [6.45, 7) is 11.1. The van der Waals surface area contributed by atoms with Crippen LogP contribution in [0, 0.1) is 0 Å². The van der Waals surface area contributed by atoms with Crippen LogP contribution in [0.1, 0.15) is 45.7 Å². The highest BCUT2D eigenvalue weighted by atomic mass is 16.5. The first-order chi connectivity index (χ1) is 9.56. The fourth-order valence-electron chi connectivity index (χ4n) is 2.07. The van der Waals surface area contributed by atoms with E-state index in [2.05, 4.69) is 56.0 Å². The summed E-state index contributed by atoms with van der Waals surface area (Å²) >= 11 is 0. The molecular formula is C16H29N3O. The standard InChI is InChI=1S/C16H29N3O/c1-6-9-17-14(4)15-8-7-10-18-16(15)19(5)11-12-20-13(2)3/h7-8,10,13-14,17H,6,9,11-12H2,1-5H3. The van der Waals surface area contributed by atoms with Gasteiger partial charge < -0.3 is 15.0 Å². The van der Waals surface area contributed by atoms with E-state index in [9.17, 15) is 0 Å².